The molecular formula is C33H35NO4. The average Bonchev–Trinajstić information content (AvgIpc) is 3.32. The Morgan fingerprint density at radius 2 is 0.974 bits per heavy atom. The van der Waals surface area contributed by atoms with E-state index in [1.807, 2.05) is 72.8 Å². The van der Waals surface area contributed by atoms with Crippen LogP contribution in [-0.2, 0) is 45.3 Å². The molecule has 0 amide bonds. The zero-order chi connectivity index (χ0) is 25.8. The van der Waals surface area contributed by atoms with Crippen LogP contribution in [0.25, 0.3) is 0 Å². The van der Waals surface area contributed by atoms with Gasteiger partial charge in [0.25, 0.3) is 0 Å². The molecule has 1 saturated heterocycles. The molecule has 0 saturated carbocycles. The summed E-state index contributed by atoms with van der Waals surface area (Å²) in [6.07, 6.45) is -1.24. The highest BCUT2D eigenvalue weighted by Gasteiger charge is 2.46. The summed E-state index contributed by atoms with van der Waals surface area (Å²) in [5.41, 5.74) is 4.53. The standard InChI is InChI=1S/C33H35NO4/c1-5-13-26(14-6-1)21-34-33-32(37-24-29-19-11-4-12-20-29)31(36-23-28-17-9-3-10-18-28)30(38-33)25-35-22-27-15-7-2-8-16-27/h1-20,30-34H,21-25H2/t30-,31+,32-,33+/m0/s1. The van der Waals surface area contributed by atoms with Crippen LogP contribution in [0.2, 0.25) is 0 Å². The van der Waals surface area contributed by atoms with Gasteiger partial charge >= 0.3 is 0 Å². The lowest BCUT2D eigenvalue weighted by Crippen LogP contribution is -2.43. The SMILES string of the molecule is c1ccc(CN[C@@H]2O[C@@H](COCc3ccccc3)[C@@H](OCc3ccccc3)[C@@H]2OCc2ccccc2)cc1. The first-order valence-electron chi connectivity index (χ1n) is 13.2. The summed E-state index contributed by atoms with van der Waals surface area (Å²) in [4.78, 5) is 0. The fourth-order valence-corrected chi connectivity index (χ4v) is 4.62. The molecule has 0 aromatic heterocycles. The van der Waals surface area contributed by atoms with Gasteiger partial charge in [-0.2, -0.15) is 0 Å². The van der Waals surface area contributed by atoms with E-state index >= 15 is 0 Å². The Labute approximate surface area is 225 Å². The first-order valence-corrected chi connectivity index (χ1v) is 13.2. The maximum absolute atomic E-state index is 6.54. The third-order valence-corrected chi connectivity index (χ3v) is 6.62. The molecule has 5 rings (SSSR count). The van der Waals surface area contributed by atoms with E-state index < -0.39 is 0 Å². The second-order valence-corrected chi connectivity index (χ2v) is 9.48. The summed E-state index contributed by atoms with van der Waals surface area (Å²) in [5, 5.41) is 3.57. The topological polar surface area (TPSA) is 49.0 Å². The van der Waals surface area contributed by atoms with Gasteiger partial charge in [0.15, 0.2) is 0 Å². The molecule has 1 aliphatic heterocycles. The molecule has 4 aromatic carbocycles. The molecular weight excluding hydrogens is 474 g/mol. The van der Waals surface area contributed by atoms with Gasteiger partial charge in [-0.1, -0.05) is 121 Å². The van der Waals surface area contributed by atoms with E-state index in [1.54, 1.807) is 0 Å². The van der Waals surface area contributed by atoms with E-state index in [1.165, 1.54) is 5.56 Å². The lowest BCUT2D eigenvalue weighted by atomic mass is 10.1. The van der Waals surface area contributed by atoms with Gasteiger partial charge in [0.2, 0.25) is 0 Å². The van der Waals surface area contributed by atoms with Crippen LogP contribution in [0.1, 0.15) is 22.3 Å². The van der Waals surface area contributed by atoms with E-state index in [9.17, 15) is 0 Å². The van der Waals surface area contributed by atoms with E-state index in [0.717, 1.165) is 16.7 Å². The summed E-state index contributed by atoms with van der Waals surface area (Å²) in [6, 6.07) is 40.9. The van der Waals surface area contributed by atoms with Crippen LogP contribution in [0.15, 0.2) is 121 Å². The van der Waals surface area contributed by atoms with Crippen LogP contribution in [-0.4, -0.2) is 31.1 Å². The van der Waals surface area contributed by atoms with Crippen LogP contribution in [0, 0.1) is 0 Å². The summed E-state index contributed by atoms with van der Waals surface area (Å²) in [5.74, 6) is 0. The predicted molar refractivity (Wildman–Crippen MR) is 148 cm³/mol. The van der Waals surface area contributed by atoms with Crippen LogP contribution in [0.4, 0.5) is 0 Å². The van der Waals surface area contributed by atoms with Crippen molar-refractivity contribution in [2.24, 2.45) is 0 Å². The monoisotopic (exact) mass is 509 g/mol. The molecule has 1 heterocycles. The molecule has 38 heavy (non-hydrogen) atoms. The molecule has 0 spiro atoms. The lowest BCUT2D eigenvalue weighted by Gasteiger charge is -2.25. The second-order valence-electron chi connectivity index (χ2n) is 9.48. The average molecular weight is 510 g/mol. The molecule has 0 aliphatic carbocycles. The van der Waals surface area contributed by atoms with Crippen molar-refractivity contribution >= 4 is 0 Å². The van der Waals surface area contributed by atoms with E-state index in [4.69, 9.17) is 18.9 Å². The Balaban J connectivity index is 1.31. The van der Waals surface area contributed by atoms with Gasteiger partial charge in [0.05, 0.1) is 26.4 Å². The van der Waals surface area contributed by atoms with Crippen molar-refractivity contribution in [1.82, 2.24) is 5.32 Å². The Kier molecular flexibility index (Phi) is 9.69. The normalized spacial score (nSPS) is 20.9. The molecule has 0 bridgehead atoms. The Morgan fingerprint density at radius 3 is 1.50 bits per heavy atom. The maximum Gasteiger partial charge on any atom is 0.138 e. The quantitative estimate of drug-likeness (QED) is 0.244. The second kappa shape index (κ2) is 14.0. The van der Waals surface area contributed by atoms with Gasteiger partial charge in [-0.05, 0) is 22.3 Å². The van der Waals surface area contributed by atoms with Gasteiger partial charge in [-0.25, -0.2) is 0 Å². The van der Waals surface area contributed by atoms with Gasteiger partial charge in [0.1, 0.15) is 24.5 Å². The molecule has 196 valence electrons. The number of rotatable bonds is 13. The van der Waals surface area contributed by atoms with Crippen molar-refractivity contribution in [3.05, 3.63) is 144 Å². The summed E-state index contributed by atoms with van der Waals surface area (Å²) >= 11 is 0. The van der Waals surface area contributed by atoms with Crippen LogP contribution in [0.5, 0.6) is 0 Å². The van der Waals surface area contributed by atoms with Crippen LogP contribution in [0.3, 0.4) is 0 Å². The first kappa shape index (κ1) is 26.3. The van der Waals surface area contributed by atoms with Gasteiger partial charge in [-0.15, -0.1) is 0 Å². The molecule has 0 unspecified atom stereocenters. The largest absolute Gasteiger partial charge is 0.374 e. The highest BCUT2D eigenvalue weighted by Crippen LogP contribution is 2.28. The lowest BCUT2D eigenvalue weighted by molar-refractivity contribution is -0.0900. The van der Waals surface area contributed by atoms with Crippen molar-refractivity contribution in [3.63, 3.8) is 0 Å². The van der Waals surface area contributed by atoms with Gasteiger partial charge in [0, 0.05) is 6.54 Å². The number of benzene rings is 4. The number of nitrogens with one attached hydrogen (secondary N) is 1. The molecule has 1 N–H and O–H groups in total. The minimum Gasteiger partial charge on any atom is -0.374 e. The highest BCUT2D eigenvalue weighted by molar-refractivity contribution is 5.16. The van der Waals surface area contributed by atoms with Crippen molar-refractivity contribution in [3.8, 4) is 0 Å². The van der Waals surface area contributed by atoms with Crippen LogP contribution >= 0.6 is 0 Å². The Bertz CT molecular complexity index is 1190. The summed E-state index contributed by atoms with van der Waals surface area (Å²) < 4.78 is 25.7. The molecule has 4 atom stereocenters. The molecule has 5 nitrogen and oxygen atoms in total. The van der Waals surface area contributed by atoms with E-state index in [2.05, 4.69) is 53.8 Å². The van der Waals surface area contributed by atoms with Crippen molar-refractivity contribution < 1.29 is 18.9 Å². The smallest absolute Gasteiger partial charge is 0.138 e. The minimum atomic E-state index is -0.343. The van der Waals surface area contributed by atoms with Crippen molar-refractivity contribution in [2.45, 2.75) is 50.9 Å². The fraction of sp³-hybridized carbons (Fsp3) is 0.273. The first-order chi connectivity index (χ1) is 18.8. The third-order valence-electron chi connectivity index (χ3n) is 6.62. The maximum atomic E-state index is 6.54. The van der Waals surface area contributed by atoms with Crippen LogP contribution < -0.4 is 5.32 Å². The molecule has 4 aromatic rings. The Hall–Kier alpha value is -3.32. The van der Waals surface area contributed by atoms with E-state index in [-0.39, 0.29) is 24.5 Å². The summed E-state index contributed by atoms with van der Waals surface area (Å²) in [6.45, 7) is 2.54. The van der Waals surface area contributed by atoms with Gasteiger partial charge in [-0.3, -0.25) is 5.32 Å². The highest BCUT2D eigenvalue weighted by atomic mass is 16.6. The number of ether oxygens (including phenoxy) is 4. The number of hydrogen-bond donors (Lipinski definition) is 1. The minimum absolute atomic E-state index is 0.281. The fourth-order valence-electron chi connectivity index (χ4n) is 4.62. The molecule has 1 aliphatic rings. The van der Waals surface area contributed by atoms with E-state index in [0.29, 0.717) is 33.0 Å². The molecule has 5 heteroatoms. The molecule has 0 radical (unpaired) electrons. The van der Waals surface area contributed by atoms with Crippen molar-refractivity contribution in [1.29, 1.82) is 0 Å². The third kappa shape index (κ3) is 7.60. The number of hydrogen-bond acceptors (Lipinski definition) is 5. The Morgan fingerprint density at radius 1 is 0.526 bits per heavy atom. The predicted octanol–water partition coefficient (Wildman–Crippen LogP) is 5.89. The van der Waals surface area contributed by atoms with Gasteiger partial charge < -0.3 is 18.9 Å². The van der Waals surface area contributed by atoms with Crippen molar-refractivity contribution in [2.75, 3.05) is 6.61 Å². The zero-order valence-corrected chi connectivity index (χ0v) is 21.5. The summed E-state index contributed by atoms with van der Waals surface area (Å²) in [7, 11) is 0. The zero-order valence-electron chi connectivity index (χ0n) is 21.5. The molecule has 1 fully saturated rings.